The molecule has 2 heterocycles. The van der Waals surface area contributed by atoms with Gasteiger partial charge < -0.3 is 5.32 Å². The number of rotatable bonds is 5. The summed E-state index contributed by atoms with van der Waals surface area (Å²) in [7, 11) is 0. The van der Waals surface area contributed by atoms with Crippen LogP contribution in [0, 0.1) is 23.7 Å². The molecule has 1 saturated heterocycles. The molecule has 1 aliphatic heterocycles. The minimum absolute atomic E-state index is 0.0856. The number of carbonyl (C=O) groups is 3. The van der Waals surface area contributed by atoms with Gasteiger partial charge >= 0.3 is 0 Å². The molecule has 2 bridgehead atoms. The van der Waals surface area contributed by atoms with Crippen LogP contribution in [0.3, 0.4) is 0 Å². The molecular weight excluding hydrogens is 400 g/mol. The summed E-state index contributed by atoms with van der Waals surface area (Å²) in [6, 6.07) is 7.10. The van der Waals surface area contributed by atoms with Gasteiger partial charge in [-0.1, -0.05) is 42.5 Å². The predicted octanol–water partition coefficient (Wildman–Crippen LogP) is 2.98. The molecular formula is C22H22N4O3S. The number of allylic oxidation sites excluding steroid dienone is 2. The molecule has 4 unspecified atom stereocenters. The zero-order valence-electron chi connectivity index (χ0n) is 16.6. The first-order valence-corrected chi connectivity index (χ1v) is 11.1. The highest BCUT2D eigenvalue weighted by atomic mass is 32.1. The molecule has 30 heavy (non-hydrogen) atoms. The van der Waals surface area contributed by atoms with Gasteiger partial charge in [0.25, 0.3) is 0 Å². The summed E-state index contributed by atoms with van der Waals surface area (Å²) in [5.74, 6) is -0.423. The lowest BCUT2D eigenvalue weighted by molar-refractivity contribution is -0.124. The third-order valence-electron chi connectivity index (χ3n) is 6.33. The average molecular weight is 423 g/mol. The number of amides is 3. The van der Waals surface area contributed by atoms with Gasteiger partial charge in [0.05, 0.1) is 23.9 Å². The van der Waals surface area contributed by atoms with Crippen molar-refractivity contribution < 1.29 is 14.4 Å². The van der Waals surface area contributed by atoms with Crippen LogP contribution < -0.4 is 10.2 Å². The van der Waals surface area contributed by atoms with Gasteiger partial charge in [-0.2, -0.15) is 0 Å². The Balaban J connectivity index is 1.28. The second-order valence-electron chi connectivity index (χ2n) is 8.10. The molecule has 7 nitrogen and oxygen atoms in total. The zero-order valence-corrected chi connectivity index (χ0v) is 17.4. The van der Waals surface area contributed by atoms with Gasteiger partial charge in [0.15, 0.2) is 0 Å². The highest BCUT2D eigenvalue weighted by molar-refractivity contribution is 7.15. The van der Waals surface area contributed by atoms with Crippen LogP contribution in [-0.4, -0.2) is 27.9 Å². The van der Waals surface area contributed by atoms with E-state index in [1.54, 1.807) is 24.3 Å². The number of fused-ring (bicyclic) bond motifs is 1. The van der Waals surface area contributed by atoms with Gasteiger partial charge in [-0.3, -0.25) is 19.3 Å². The topological polar surface area (TPSA) is 92.3 Å². The van der Waals surface area contributed by atoms with Gasteiger partial charge in [0, 0.05) is 0 Å². The molecule has 3 aliphatic carbocycles. The SMILES string of the molecule is CCc1nnc(NC(=O)Cc2ccc(N3C(=O)C4C5C=CC(CC5)C4C3=O)cc2)s1. The van der Waals surface area contributed by atoms with Crippen molar-refractivity contribution in [1.82, 2.24) is 10.2 Å². The Labute approximate surface area is 178 Å². The first-order chi connectivity index (χ1) is 14.5. The Hall–Kier alpha value is -2.87. The van der Waals surface area contributed by atoms with E-state index in [2.05, 4.69) is 27.7 Å². The lowest BCUT2D eigenvalue weighted by atomic mass is 9.63. The van der Waals surface area contributed by atoms with E-state index < -0.39 is 0 Å². The van der Waals surface area contributed by atoms with Crippen molar-refractivity contribution >= 4 is 39.9 Å². The molecule has 2 fully saturated rings. The van der Waals surface area contributed by atoms with Gasteiger partial charge in [-0.15, -0.1) is 10.2 Å². The van der Waals surface area contributed by atoms with Crippen molar-refractivity contribution in [1.29, 1.82) is 0 Å². The quantitative estimate of drug-likeness (QED) is 0.591. The van der Waals surface area contributed by atoms with Crippen molar-refractivity contribution in [2.24, 2.45) is 23.7 Å². The second kappa shape index (κ2) is 7.43. The molecule has 154 valence electrons. The molecule has 2 aromatic rings. The third kappa shape index (κ3) is 3.15. The Kier molecular flexibility index (Phi) is 4.73. The van der Waals surface area contributed by atoms with E-state index in [0.29, 0.717) is 10.8 Å². The molecule has 1 aromatic carbocycles. The second-order valence-corrected chi connectivity index (χ2v) is 9.16. The van der Waals surface area contributed by atoms with Gasteiger partial charge in [0.2, 0.25) is 22.9 Å². The smallest absolute Gasteiger partial charge is 0.238 e. The van der Waals surface area contributed by atoms with Crippen LogP contribution in [0.5, 0.6) is 0 Å². The number of nitrogens with one attached hydrogen (secondary N) is 1. The summed E-state index contributed by atoms with van der Waals surface area (Å²) in [6.07, 6.45) is 7.17. The van der Waals surface area contributed by atoms with E-state index in [9.17, 15) is 14.4 Å². The average Bonchev–Trinajstić information content (AvgIpc) is 3.33. The number of imide groups is 1. The van der Waals surface area contributed by atoms with E-state index in [1.165, 1.54) is 16.2 Å². The largest absolute Gasteiger partial charge is 0.300 e. The summed E-state index contributed by atoms with van der Waals surface area (Å²) in [5.41, 5.74) is 1.38. The van der Waals surface area contributed by atoms with E-state index in [4.69, 9.17) is 0 Å². The van der Waals surface area contributed by atoms with Crippen molar-refractivity contribution in [3.8, 4) is 0 Å². The first-order valence-electron chi connectivity index (χ1n) is 10.3. The molecule has 1 saturated carbocycles. The summed E-state index contributed by atoms with van der Waals surface area (Å²) in [6.45, 7) is 1.99. The van der Waals surface area contributed by atoms with Gasteiger partial charge in [-0.25, -0.2) is 0 Å². The zero-order chi connectivity index (χ0) is 20.8. The maximum atomic E-state index is 13.0. The molecule has 1 N–H and O–H groups in total. The standard InChI is InChI=1S/C22H22N4O3S/c1-2-17-24-25-22(30-17)23-16(27)11-12-3-9-15(10-4-12)26-20(28)18-13-5-6-14(8-7-13)19(18)21(26)29/h3-6,9-10,13-14,18-19H,2,7-8,11H2,1H3,(H,23,25,27). The first kappa shape index (κ1) is 19.1. The Morgan fingerprint density at radius 1 is 1.07 bits per heavy atom. The van der Waals surface area contributed by atoms with E-state index >= 15 is 0 Å². The fourth-order valence-corrected chi connectivity index (χ4v) is 5.58. The summed E-state index contributed by atoms with van der Waals surface area (Å²) in [4.78, 5) is 39.7. The Morgan fingerprint density at radius 3 is 2.23 bits per heavy atom. The number of aromatic nitrogens is 2. The monoisotopic (exact) mass is 422 g/mol. The van der Waals surface area contributed by atoms with Crippen LogP contribution in [0.4, 0.5) is 10.8 Å². The number of anilines is 2. The fraction of sp³-hybridized carbons (Fsp3) is 0.409. The van der Waals surface area contributed by atoms with E-state index in [-0.39, 0.29) is 47.8 Å². The van der Waals surface area contributed by atoms with Crippen molar-refractivity contribution in [3.63, 3.8) is 0 Å². The Morgan fingerprint density at radius 2 is 1.70 bits per heavy atom. The van der Waals surface area contributed by atoms with Crippen LogP contribution in [0.1, 0.15) is 30.3 Å². The highest BCUT2D eigenvalue weighted by Crippen LogP contribution is 2.50. The number of nitrogens with zero attached hydrogens (tertiary/aromatic N) is 3. The van der Waals surface area contributed by atoms with E-state index in [1.807, 2.05) is 6.92 Å². The highest BCUT2D eigenvalue weighted by Gasteiger charge is 2.56. The summed E-state index contributed by atoms with van der Waals surface area (Å²) < 4.78 is 0. The summed E-state index contributed by atoms with van der Waals surface area (Å²) in [5, 5.41) is 12.1. The van der Waals surface area contributed by atoms with Crippen LogP contribution in [0.25, 0.3) is 0 Å². The predicted molar refractivity (Wildman–Crippen MR) is 113 cm³/mol. The van der Waals surface area contributed by atoms with Crippen LogP contribution in [-0.2, 0) is 27.2 Å². The molecule has 4 atom stereocenters. The fourth-order valence-electron chi connectivity index (χ4n) is 4.89. The van der Waals surface area contributed by atoms with Crippen LogP contribution in [0.15, 0.2) is 36.4 Å². The Bertz CT molecular complexity index is 1010. The number of benzene rings is 1. The maximum Gasteiger partial charge on any atom is 0.238 e. The van der Waals surface area contributed by atoms with Crippen molar-refractivity contribution in [2.75, 3.05) is 10.2 Å². The molecule has 8 heteroatoms. The normalized spacial score (nSPS) is 26.9. The minimum atomic E-state index is -0.216. The van der Waals surface area contributed by atoms with Crippen molar-refractivity contribution in [2.45, 2.75) is 32.6 Å². The molecule has 4 aliphatic rings. The van der Waals surface area contributed by atoms with Crippen LogP contribution >= 0.6 is 11.3 Å². The third-order valence-corrected chi connectivity index (χ3v) is 7.32. The molecule has 6 rings (SSSR count). The molecule has 1 aromatic heterocycles. The van der Waals surface area contributed by atoms with E-state index in [0.717, 1.165) is 29.8 Å². The van der Waals surface area contributed by atoms with Gasteiger partial charge in [-0.05, 0) is 48.8 Å². The number of carbonyl (C=O) groups excluding carboxylic acids is 3. The summed E-state index contributed by atoms with van der Waals surface area (Å²) >= 11 is 1.37. The lowest BCUT2D eigenvalue weighted by Crippen LogP contribution is -2.38. The number of aryl methyl sites for hydroxylation is 1. The number of hydrogen-bond donors (Lipinski definition) is 1. The molecule has 3 amide bonds. The molecule has 0 radical (unpaired) electrons. The lowest BCUT2D eigenvalue weighted by Gasteiger charge is -2.38. The van der Waals surface area contributed by atoms with Gasteiger partial charge in [0.1, 0.15) is 5.01 Å². The number of hydrogen-bond acceptors (Lipinski definition) is 6. The van der Waals surface area contributed by atoms with Crippen molar-refractivity contribution in [3.05, 3.63) is 47.0 Å². The molecule has 0 spiro atoms. The van der Waals surface area contributed by atoms with Crippen LogP contribution in [0.2, 0.25) is 0 Å². The minimum Gasteiger partial charge on any atom is -0.300 e. The maximum absolute atomic E-state index is 13.0.